The minimum absolute atomic E-state index is 0.0887. The molecule has 4 unspecified atom stereocenters. The van der Waals surface area contributed by atoms with Crippen LogP contribution in [0, 0.1) is 27.9 Å². The summed E-state index contributed by atoms with van der Waals surface area (Å²) in [5.41, 5.74) is 0.168. The monoisotopic (exact) mass is 487 g/mol. The van der Waals surface area contributed by atoms with E-state index in [0.717, 1.165) is 18.4 Å². The molecule has 0 spiro atoms. The molecule has 0 aromatic heterocycles. The van der Waals surface area contributed by atoms with E-state index < -0.39 is 20.9 Å². The number of nitrogens with zero attached hydrogens (tertiary/aromatic N) is 1. The number of nitro benzene ring substituents is 1. The van der Waals surface area contributed by atoms with Crippen LogP contribution in [-0.4, -0.2) is 31.9 Å². The van der Waals surface area contributed by atoms with E-state index in [2.05, 4.69) is 10.0 Å². The Bertz CT molecular complexity index is 1180. The molecule has 10 heteroatoms. The Morgan fingerprint density at radius 2 is 1.91 bits per heavy atom. The van der Waals surface area contributed by atoms with Crippen LogP contribution in [0.3, 0.4) is 0 Å². The predicted molar refractivity (Wildman–Crippen MR) is 127 cm³/mol. The van der Waals surface area contributed by atoms with Crippen LogP contribution in [0.25, 0.3) is 0 Å². The molecular weight excluding hydrogens is 458 g/mol. The summed E-state index contributed by atoms with van der Waals surface area (Å²) in [6, 6.07) is 9.71. The van der Waals surface area contributed by atoms with Crippen LogP contribution in [-0.2, 0) is 10.0 Å². The number of nitrogens with one attached hydrogen (secondary N) is 2. The van der Waals surface area contributed by atoms with Crippen LogP contribution in [0.15, 0.2) is 47.4 Å². The molecule has 4 atom stereocenters. The van der Waals surface area contributed by atoms with E-state index in [1.807, 2.05) is 6.92 Å². The van der Waals surface area contributed by atoms with Crippen molar-refractivity contribution in [3.05, 3.63) is 58.1 Å². The van der Waals surface area contributed by atoms with Crippen LogP contribution in [0.2, 0.25) is 0 Å². The largest absolute Gasteiger partial charge is 0.487 e. The normalized spacial score (nSPS) is 22.4. The lowest BCUT2D eigenvalue weighted by molar-refractivity contribution is -0.385. The number of hydrogen-bond acceptors (Lipinski definition) is 6. The fourth-order valence-electron chi connectivity index (χ4n) is 5.31. The lowest BCUT2D eigenvalue weighted by Gasteiger charge is -2.28. The lowest BCUT2D eigenvalue weighted by Crippen LogP contribution is -2.40. The number of fused-ring (bicyclic) bond motifs is 2. The van der Waals surface area contributed by atoms with Gasteiger partial charge in [-0.1, -0.05) is 6.42 Å². The molecule has 2 N–H and O–H groups in total. The molecule has 2 bridgehead atoms. The molecule has 2 saturated carbocycles. The maximum atomic E-state index is 12.9. The molecule has 34 heavy (non-hydrogen) atoms. The first-order valence-electron chi connectivity index (χ1n) is 11.5. The third kappa shape index (κ3) is 5.07. The molecule has 2 aromatic carbocycles. The van der Waals surface area contributed by atoms with E-state index in [-0.39, 0.29) is 34.5 Å². The van der Waals surface area contributed by atoms with Crippen molar-refractivity contribution in [1.29, 1.82) is 0 Å². The molecule has 0 heterocycles. The molecule has 2 aliphatic carbocycles. The van der Waals surface area contributed by atoms with Gasteiger partial charge < -0.3 is 10.1 Å². The molecule has 2 aliphatic rings. The van der Waals surface area contributed by atoms with Gasteiger partial charge in [-0.2, -0.15) is 0 Å². The fraction of sp³-hybridized carbons (Fsp3) is 0.458. The van der Waals surface area contributed by atoms with E-state index in [4.69, 9.17) is 4.74 Å². The molecule has 0 radical (unpaired) electrons. The Hall–Kier alpha value is -2.98. The molecular formula is C24H29N3O6S. The van der Waals surface area contributed by atoms with Crippen molar-refractivity contribution in [3.63, 3.8) is 0 Å². The number of benzene rings is 2. The van der Waals surface area contributed by atoms with E-state index in [0.29, 0.717) is 17.5 Å². The van der Waals surface area contributed by atoms with Crippen LogP contribution in [0.5, 0.6) is 5.75 Å². The SMILES string of the molecule is CCOc1ccc(C(=O)Nc2ccc(S(=O)(=O)NC(C)C3CC4CCC3C4)cc2)cc1[N+](=O)[O-]. The number of amides is 1. The van der Waals surface area contributed by atoms with Gasteiger partial charge in [0.05, 0.1) is 16.4 Å². The van der Waals surface area contributed by atoms with Crippen LogP contribution >= 0.6 is 0 Å². The zero-order chi connectivity index (χ0) is 24.5. The Balaban J connectivity index is 1.41. The molecule has 182 valence electrons. The molecule has 1 amide bonds. The molecule has 0 aliphatic heterocycles. The summed E-state index contributed by atoms with van der Waals surface area (Å²) in [5.74, 6) is 1.26. The highest BCUT2D eigenvalue weighted by Crippen LogP contribution is 2.49. The first-order valence-corrected chi connectivity index (χ1v) is 13.0. The lowest BCUT2D eigenvalue weighted by atomic mass is 9.84. The van der Waals surface area contributed by atoms with Crippen molar-refractivity contribution in [3.8, 4) is 5.75 Å². The zero-order valence-corrected chi connectivity index (χ0v) is 20.0. The number of carbonyl (C=O) groups excluding carboxylic acids is 1. The van der Waals surface area contributed by atoms with E-state index in [1.54, 1.807) is 6.92 Å². The summed E-state index contributed by atoms with van der Waals surface area (Å²) in [6.07, 6.45) is 4.75. The van der Waals surface area contributed by atoms with Gasteiger partial charge in [0.25, 0.3) is 5.91 Å². The van der Waals surface area contributed by atoms with Crippen molar-refractivity contribution < 1.29 is 22.9 Å². The van der Waals surface area contributed by atoms with Crippen molar-refractivity contribution in [2.45, 2.75) is 50.5 Å². The fourth-order valence-corrected chi connectivity index (χ4v) is 6.60. The maximum absolute atomic E-state index is 12.9. The first-order chi connectivity index (χ1) is 16.2. The van der Waals surface area contributed by atoms with Crippen LogP contribution < -0.4 is 14.8 Å². The van der Waals surface area contributed by atoms with Gasteiger partial charge in [0.15, 0.2) is 5.75 Å². The van der Waals surface area contributed by atoms with Gasteiger partial charge in [-0.05, 0) is 87.3 Å². The van der Waals surface area contributed by atoms with Gasteiger partial charge in [0, 0.05) is 23.4 Å². The Morgan fingerprint density at radius 3 is 2.50 bits per heavy atom. The first kappa shape index (κ1) is 24.2. The standard InChI is InChI=1S/C24H29N3O6S/c1-3-33-23-11-6-18(14-22(23)27(29)30)24(28)25-19-7-9-20(10-8-19)34(31,32)26-15(2)21-13-16-4-5-17(21)12-16/h6-11,14-17,21,26H,3-5,12-13H2,1-2H3,(H,25,28). The zero-order valence-electron chi connectivity index (χ0n) is 19.2. The number of sulfonamides is 1. The van der Waals surface area contributed by atoms with Crippen molar-refractivity contribution >= 4 is 27.3 Å². The summed E-state index contributed by atoms with van der Waals surface area (Å²) >= 11 is 0. The number of carbonyl (C=O) groups is 1. The van der Waals surface area contributed by atoms with E-state index in [9.17, 15) is 23.3 Å². The second-order valence-corrected chi connectivity index (χ2v) is 10.8. The van der Waals surface area contributed by atoms with Crippen molar-refractivity contribution in [1.82, 2.24) is 4.72 Å². The van der Waals surface area contributed by atoms with Gasteiger partial charge >= 0.3 is 5.69 Å². The maximum Gasteiger partial charge on any atom is 0.311 e. The van der Waals surface area contributed by atoms with Crippen LogP contribution in [0.4, 0.5) is 11.4 Å². The average Bonchev–Trinajstić information content (AvgIpc) is 3.43. The highest BCUT2D eigenvalue weighted by Gasteiger charge is 2.42. The van der Waals surface area contributed by atoms with Gasteiger partial charge in [0.1, 0.15) is 0 Å². The summed E-state index contributed by atoms with van der Waals surface area (Å²) in [5, 5.41) is 13.9. The van der Waals surface area contributed by atoms with Gasteiger partial charge in [-0.3, -0.25) is 14.9 Å². The smallest absolute Gasteiger partial charge is 0.311 e. The molecule has 9 nitrogen and oxygen atoms in total. The second kappa shape index (κ2) is 9.71. The highest BCUT2D eigenvalue weighted by atomic mass is 32.2. The topological polar surface area (TPSA) is 128 Å². The van der Waals surface area contributed by atoms with Gasteiger partial charge in [-0.15, -0.1) is 0 Å². The minimum Gasteiger partial charge on any atom is -0.487 e. The number of nitro groups is 1. The van der Waals surface area contributed by atoms with Crippen molar-refractivity contribution in [2.24, 2.45) is 17.8 Å². The summed E-state index contributed by atoms with van der Waals surface area (Å²) in [7, 11) is -3.69. The highest BCUT2D eigenvalue weighted by molar-refractivity contribution is 7.89. The predicted octanol–water partition coefficient (Wildman–Crippen LogP) is 4.35. The molecule has 4 rings (SSSR count). The third-order valence-electron chi connectivity index (χ3n) is 6.92. The number of hydrogen-bond donors (Lipinski definition) is 2. The van der Waals surface area contributed by atoms with Gasteiger partial charge in [0.2, 0.25) is 10.0 Å². The third-order valence-corrected chi connectivity index (χ3v) is 8.49. The average molecular weight is 488 g/mol. The number of rotatable bonds is 9. The van der Waals surface area contributed by atoms with E-state index in [1.165, 1.54) is 55.7 Å². The summed E-state index contributed by atoms with van der Waals surface area (Å²) < 4.78 is 33.8. The number of anilines is 1. The molecule has 2 aromatic rings. The Labute approximate surface area is 199 Å². The van der Waals surface area contributed by atoms with Crippen molar-refractivity contribution in [2.75, 3.05) is 11.9 Å². The second-order valence-electron chi connectivity index (χ2n) is 9.10. The summed E-state index contributed by atoms with van der Waals surface area (Å²) in [6.45, 7) is 3.91. The summed E-state index contributed by atoms with van der Waals surface area (Å²) in [4.78, 5) is 23.4. The Kier molecular flexibility index (Phi) is 6.90. The van der Waals surface area contributed by atoms with Crippen LogP contribution in [0.1, 0.15) is 49.9 Å². The Morgan fingerprint density at radius 1 is 1.18 bits per heavy atom. The molecule has 0 saturated heterocycles. The van der Waals surface area contributed by atoms with E-state index >= 15 is 0 Å². The quantitative estimate of drug-likeness (QED) is 0.400. The number of ether oxygens (including phenoxy) is 1. The molecule has 2 fully saturated rings. The minimum atomic E-state index is -3.69. The van der Waals surface area contributed by atoms with Gasteiger partial charge in [-0.25, -0.2) is 13.1 Å².